The van der Waals surface area contributed by atoms with E-state index in [4.69, 9.17) is 9.26 Å². The summed E-state index contributed by atoms with van der Waals surface area (Å²) in [6.45, 7) is 0. The molecule has 1 amide bonds. The predicted molar refractivity (Wildman–Crippen MR) is 87.5 cm³/mol. The second-order valence-electron chi connectivity index (χ2n) is 5.26. The number of hydrogen-bond donors (Lipinski definition) is 0. The molecule has 122 valence electrons. The summed E-state index contributed by atoms with van der Waals surface area (Å²) in [5, 5.41) is 3.97. The molecule has 2 heterocycles. The molecule has 0 N–H and O–H groups in total. The minimum Gasteiger partial charge on any atom is -0.496 e. The predicted octanol–water partition coefficient (Wildman–Crippen LogP) is 2.51. The van der Waals surface area contributed by atoms with E-state index in [0.717, 1.165) is 0 Å². The summed E-state index contributed by atoms with van der Waals surface area (Å²) < 4.78 is 10.6. The SMILES string of the molecule is COc1ccccc1-c1nc(-c2ccc(C(=O)N(C)C)nc2)no1. The van der Waals surface area contributed by atoms with Crippen LogP contribution in [0.1, 0.15) is 10.5 Å². The van der Waals surface area contributed by atoms with E-state index in [-0.39, 0.29) is 5.91 Å². The Bertz CT molecular complexity index is 856. The molecule has 0 unspecified atom stereocenters. The Balaban J connectivity index is 1.89. The Morgan fingerprint density at radius 2 is 1.96 bits per heavy atom. The molecule has 0 radical (unpaired) electrons. The third kappa shape index (κ3) is 2.96. The molecule has 0 spiro atoms. The fourth-order valence-electron chi connectivity index (χ4n) is 2.15. The summed E-state index contributed by atoms with van der Waals surface area (Å²) in [4.78, 5) is 21.9. The number of carbonyl (C=O) groups is 1. The molecule has 3 aromatic rings. The van der Waals surface area contributed by atoms with Gasteiger partial charge in [-0.05, 0) is 24.3 Å². The van der Waals surface area contributed by atoms with Gasteiger partial charge in [-0.2, -0.15) is 4.98 Å². The van der Waals surface area contributed by atoms with E-state index >= 15 is 0 Å². The van der Waals surface area contributed by atoms with Crippen molar-refractivity contribution in [1.29, 1.82) is 0 Å². The van der Waals surface area contributed by atoms with Gasteiger partial charge in [-0.1, -0.05) is 17.3 Å². The highest BCUT2D eigenvalue weighted by molar-refractivity contribution is 5.92. The fourth-order valence-corrected chi connectivity index (χ4v) is 2.15. The number of aromatic nitrogens is 3. The van der Waals surface area contributed by atoms with E-state index in [1.54, 1.807) is 39.5 Å². The highest BCUT2D eigenvalue weighted by atomic mass is 16.5. The van der Waals surface area contributed by atoms with Crippen molar-refractivity contribution in [3.8, 4) is 28.6 Å². The molecule has 0 bridgehead atoms. The van der Waals surface area contributed by atoms with Crippen LogP contribution in [-0.2, 0) is 0 Å². The first-order chi connectivity index (χ1) is 11.6. The Morgan fingerprint density at radius 1 is 1.17 bits per heavy atom. The maximum atomic E-state index is 11.9. The minimum absolute atomic E-state index is 0.163. The fraction of sp³-hybridized carbons (Fsp3) is 0.176. The van der Waals surface area contributed by atoms with Gasteiger partial charge in [-0.15, -0.1) is 0 Å². The van der Waals surface area contributed by atoms with Crippen molar-refractivity contribution in [2.45, 2.75) is 0 Å². The van der Waals surface area contributed by atoms with Crippen molar-refractivity contribution in [2.24, 2.45) is 0 Å². The number of methoxy groups -OCH3 is 1. The molecule has 0 saturated heterocycles. The maximum Gasteiger partial charge on any atom is 0.271 e. The summed E-state index contributed by atoms with van der Waals surface area (Å²) in [5.74, 6) is 1.24. The summed E-state index contributed by atoms with van der Waals surface area (Å²) in [5.41, 5.74) is 1.73. The van der Waals surface area contributed by atoms with Crippen molar-refractivity contribution in [3.63, 3.8) is 0 Å². The second-order valence-corrected chi connectivity index (χ2v) is 5.26. The highest BCUT2D eigenvalue weighted by Crippen LogP contribution is 2.29. The molecule has 24 heavy (non-hydrogen) atoms. The van der Waals surface area contributed by atoms with Gasteiger partial charge in [0, 0.05) is 25.9 Å². The van der Waals surface area contributed by atoms with Crippen molar-refractivity contribution >= 4 is 5.91 Å². The van der Waals surface area contributed by atoms with Crippen LogP contribution in [0.3, 0.4) is 0 Å². The number of amides is 1. The molecule has 0 saturated carbocycles. The first-order valence-corrected chi connectivity index (χ1v) is 7.25. The molecule has 7 nitrogen and oxygen atoms in total. The van der Waals surface area contributed by atoms with E-state index in [1.807, 2.05) is 24.3 Å². The first kappa shape index (κ1) is 15.7. The van der Waals surface area contributed by atoms with E-state index in [1.165, 1.54) is 4.90 Å². The average molecular weight is 324 g/mol. The Kier molecular flexibility index (Phi) is 4.24. The van der Waals surface area contributed by atoms with Crippen LogP contribution in [0.2, 0.25) is 0 Å². The van der Waals surface area contributed by atoms with Crippen LogP contribution in [0.25, 0.3) is 22.8 Å². The topological polar surface area (TPSA) is 81.4 Å². The molecule has 3 rings (SSSR count). The molecule has 7 heteroatoms. The number of para-hydroxylation sites is 1. The van der Waals surface area contributed by atoms with Crippen LogP contribution in [0.15, 0.2) is 47.1 Å². The Morgan fingerprint density at radius 3 is 2.62 bits per heavy atom. The smallest absolute Gasteiger partial charge is 0.271 e. The van der Waals surface area contributed by atoms with Crippen molar-refractivity contribution in [3.05, 3.63) is 48.3 Å². The summed E-state index contributed by atoms with van der Waals surface area (Å²) in [6.07, 6.45) is 1.55. The third-order valence-corrected chi connectivity index (χ3v) is 3.41. The largest absolute Gasteiger partial charge is 0.496 e. The number of benzene rings is 1. The van der Waals surface area contributed by atoms with E-state index in [9.17, 15) is 4.79 Å². The zero-order valence-electron chi connectivity index (χ0n) is 13.6. The van der Waals surface area contributed by atoms with Crippen LogP contribution < -0.4 is 4.74 Å². The molecule has 0 aliphatic rings. The van der Waals surface area contributed by atoms with Crippen molar-refractivity contribution < 1.29 is 14.1 Å². The summed E-state index contributed by atoms with van der Waals surface area (Å²) >= 11 is 0. The molecule has 0 aliphatic carbocycles. The number of nitrogens with zero attached hydrogens (tertiary/aromatic N) is 4. The molecule has 2 aromatic heterocycles. The molecular formula is C17H16N4O3. The number of rotatable bonds is 4. The zero-order valence-corrected chi connectivity index (χ0v) is 13.6. The van der Waals surface area contributed by atoms with Gasteiger partial charge < -0.3 is 14.2 Å². The molecule has 0 aliphatic heterocycles. The third-order valence-electron chi connectivity index (χ3n) is 3.41. The number of hydrogen-bond acceptors (Lipinski definition) is 6. The number of ether oxygens (including phenoxy) is 1. The van der Waals surface area contributed by atoms with Crippen molar-refractivity contribution in [2.75, 3.05) is 21.2 Å². The zero-order chi connectivity index (χ0) is 17.1. The van der Waals surface area contributed by atoms with Crippen LogP contribution in [-0.4, -0.2) is 47.1 Å². The lowest BCUT2D eigenvalue weighted by molar-refractivity contribution is 0.0822. The number of pyridine rings is 1. The van der Waals surface area contributed by atoms with Gasteiger partial charge in [-0.25, -0.2) is 0 Å². The average Bonchev–Trinajstić information content (AvgIpc) is 3.11. The Hall–Kier alpha value is -3.22. The highest BCUT2D eigenvalue weighted by Gasteiger charge is 2.15. The lowest BCUT2D eigenvalue weighted by Gasteiger charge is -2.08. The standard InChI is InChI=1S/C17H16N4O3/c1-21(2)17(22)13-9-8-11(10-18-13)15-19-16(24-20-15)12-6-4-5-7-14(12)23-3/h4-10H,1-3H3. The quantitative estimate of drug-likeness (QED) is 0.733. The molecule has 1 aromatic carbocycles. The number of carbonyl (C=O) groups excluding carboxylic acids is 1. The van der Waals surface area contributed by atoms with Gasteiger partial charge in [0.15, 0.2) is 0 Å². The Labute approximate surface area is 138 Å². The van der Waals surface area contributed by atoms with Gasteiger partial charge in [0.05, 0.1) is 12.7 Å². The van der Waals surface area contributed by atoms with Crippen LogP contribution >= 0.6 is 0 Å². The minimum atomic E-state index is -0.163. The van der Waals surface area contributed by atoms with Crippen LogP contribution in [0, 0.1) is 0 Å². The lowest BCUT2D eigenvalue weighted by atomic mass is 10.2. The van der Waals surface area contributed by atoms with Gasteiger partial charge in [0.1, 0.15) is 11.4 Å². The molecule has 0 fully saturated rings. The van der Waals surface area contributed by atoms with E-state index in [0.29, 0.717) is 34.3 Å². The van der Waals surface area contributed by atoms with Crippen LogP contribution in [0.5, 0.6) is 5.75 Å². The normalized spacial score (nSPS) is 10.5. The molecular weight excluding hydrogens is 308 g/mol. The van der Waals surface area contributed by atoms with Crippen molar-refractivity contribution in [1.82, 2.24) is 20.0 Å². The monoisotopic (exact) mass is 324 g/mol. The summed E-state index contributed by atoms with van der Waals surface area (Å²) in [6, 6.07) is 10.8. The van der Waals surface area contributed by atoms with Gasteiger partial charge >= 0.3 is 0 Å². The van der Waals surface area contributed by atoms with Gasteiger partial charge in [-0.3, -0.25) is 9.78 Å². The van der Waals surface area contributed by atoms with Crippen LogP contribution in [0.4, 0.5) is 0 Å². The maximum absolute atomic E-state index is 11.9. The van der Waals surface area contributed by atoms with Gasteiger partial charge in [0.2, 0.25) is 5.82 Å². The summed E-state index contributed by atoms with van der Waals surface area (Å²) in [7, 11) is 4.94. The molecule has 0 atom stereocenters. The lowest BCUT2D eigenvalue weighted by Crippen LogP contribution is -2.22. The van der Waals surface area contributed by atoms with E-state index < -0.39 is 0 Å². The van der Waals surface area contributed by atoms with E-state index in [2.05, 4.69) is 15.1 Å². The second kappa shape index (κ2) is 6.49. The van der Waals surface area contributed by atoms with Gasteiger partial charge in [0.25, 0.3) is 11.8 Å². The first-order valence-electron chi connectivity index (χ1n) is 7.25.